The number of rotatable bonds is 0. The summed E-state index contributed by atoms with van der Waals surface area (Å²) in [5, 5.41) is 3.21. The van der Waals surface area contributed by atoms with Gasteiger partial charge >= 0.3 is 0 Å². The lowest BCUT2D eigenvalue weighted by molar-refractivity contribution is 0.437. The van der Waals surface area contributed by atoms with E-state index in [4.69, 9.17) is 21.3 Å². The fourth-order valence-electron chi connectivity index (χ4n) is 3.06. The number of para-hydroxylation sites is 1. The average molecular weight is 308 g/mol. The van der Waals surface area contributed by atoms with E-state index in [1.54, 1.807) is 0 Å². The maximum atomic E-state index is 6.24. The molecule has 0 spiro atoms. The Hall–Kier alpha value is -2.05. The number of hydrogen-bond donors (Lipinski definition) is 0. The monoisotopic (exact) mass is 308 g/mol. The van der Waals surface area contributed by atoms with Gasteiger partial charge in [0.2, 0.25) is 0 Å². The third-order valence-electron chi connectivity index (χ3n) is 3.95. The van der Waals surface area contributed by atoms with Crippen molar-refractivity contribution in [3.63, 3.8) is 0 Å². The average Bonchev–Trinajstić information content (AvgIpc) is 2.97. The molecule has 21 heavy (non-hydrogen) atoms. The van der Waals surface area contributed by atoms with Crippen molar-refractivity contribution in [3.05, 3.63) is 71.4 Å². The van der Waals surface area contributed by atoms with Crippen LogP contribution in [0.25, 0.3) is 0 Å². The van der Waals surface area contributed by atoms with Crippen molar-refractivity contribution in [2.24, 2.45) is 0 Å². The fraction of sp³-hybridized carbons (Fsp3) is 0. The van der Waals surface area contributed by atoms with Gasteiger partial charge in [-0.1, -0.05) is 30.0 Å². The summed E-state index contributed by atoms with van der Waals surface area (Å²) < 4.78 is 12.0. The molecule has 0 aromatic heterocycles. The highest BCUT2D eigenvalue weighted by molar-refractivity contribution is 8.24. The molecule has 5 rings (SSSR count). The molecular weight excluding hydrogens is 299 g/mol. The summed E-state index contributed by atoms with van der Waals surface area (Å²) in [6, 6.07) is 11.8. The molecule has 2 nitrogen and oxygen atoms in total. The molecule has 0 fully saturated rings. The molecular formula is C17H9O2PS. The van der Waals surface area contributed by atoms with Gasteiger partial charge in [-0.3, -0.25) is 0 Å². The first-order valence-electron chi connectivity index (χ1n) is 6.65. The third-order valence-corrected chi connectivity index (χ3v) is 8.82. The van der Waals surface area contributed by atoms with Crippen LogP contribution in [0, 0.1) is 0 Å². The van der Waals surface area contributed by atoms with Crippen LogP contribution in [0.1, 0.15) is 0 Å². The summed E-state index contributed by atoms with van der Waals surface area (Å²) in [5.74, 6) is 3.33. The molecule has 4 heteroatoms. The highest BCUT2D eigenvalue weighted by Crippen LogP contribution is 2.64. The molecule has 100 valence electrons. The van der Waals surface area contributed by atoms with Crippen LogP contribution in [0.2, 0.25) is 0 Å². The van der Waals surface area contributed by atoms with Gasteiger partial charge in [-0.25, -0.2) is 0 Å². The molecule has 2 aromatic carbocycles. The van der Waals surface area contributed by atoms with Gasteiger partial charge in [0.25, 0.3) is 0 Å². The van der Waals surface area contributed by atoms with E-state index in [0.717, 1.165) is 38.9 Å². The van der Waals surface area contributed by atoms with Gasteiger partial charge in [0.1, 0.15) is 23.0 Å². The highest BCUT2D eigenvalue weighted by Gasteiger charge is 2.43. The van der Waals surface area contributed by atoms with Crippen molar-refractivity contribution in [1.29, 1.82) is 0 Å². The lowest BCUT2D eigenvalue weighted by atomic mass is 10.3. The van der Waals surface area contributed by atoms with Gasteiger partial charge in [-0.05, 0) is 30.3 Å². The lowest BCUT2D eigenvalue weighted by Gasteiger charge is -2.36. The second-order valence-electron chi connectivity index (χ2n) is 5.09. The molecule has 2 heterocycles. The summed E-state index contributed by atoms with van der Waals surface area (Å²) in [4.78, 5) is 0. The van der Waals surface area contributed by atoms with Crippen LogP contribution < -0.4 is 20.1 Å². The molecule has 0 saturated heterocycles. The normalized spacial score (nSPS) is 23.0. The molecule has 0 amide bonds. The van der Waals surface area contributed by atoms with Gasteiger partial charge in [0.05, 0.1) is 11.3 Å². The zero-order valence-corrected chi connectivity index (χ0v) is 12.6. The molecule has 0 bridgehead atoms. The molecule has 2 aromatic rings. The van der Waals surface area contributed by atoms with Crippen molar-refractivity contribution < 1.29 is 9.47 Å². The van der Waals surface area contributed by atoms with Crippen LogP contribution in [0.3, 0.4) is 0 Å². The summed E-state index contributed by atoms with van der Waals surface area (Å²) in [5.41, 5.74) is 3.13. The van der Waals surface area contributed by atoms with Crippen molar-refractivity contribution in [2.45, 2.75) is 0 Å². The van der Waals surface area contributed by atoms with E-state index < -0.39 is 6.04 Å². The molecule has 1 unspecified atom stereocenters. The number of fused-ring (bicyclic) bond motifs is 3. The van der Waals surface area contributed by atoms with Gasteiger partial charge in [-0.15, -0.1) is 5.73 Å². The summed E-state index contributed by atoms with van der Waals surface area (Å²) in [7, 11) is 0. The molecule has 1 aliphatic carbocycles. The molecule has 0 radical (unpaired) electrons. The van der Waals surface area contributed by atoms with Crippen molar-refractivity contribution >= 4 is 28.5 Å². The predicted molar refractivity (Wildman–Crippen MR) is 86.8 cm³/mol. The lowest BCUT2D eigenvalue weighted by Crippen LogP contribution is -2.29. The maximum Gasteiger partial charge on any atom is 0.144 e. The zero-order valence-electron chi connectivity index (χ0n) is 10.9. The number of hydrogen-bond acceptors (Lipinski definition) is 3. The molecule has 0 saturated carbocycles. The zero-order chi connectivity index (χ0) is 14.0. The highest BCUT2D eigenvalue weighted by atomic mass is 32.4. The second-order valence-corrected chi connectivity index (χ2v) is 9.36. The fourth-order valence-corrected chi connectivity index (χ4v) is 7.48. The Balaban J connectivity index is 1.96. The van der Waals surface area contributed by atoms with E-state index in [0.29, 0.717) is 0 Å². The largest absolute Gasteiger partial charge is 0.456 e. The topological polar surface area (TPSA) is 18.5 Å². The second kappa shape index (κ2) is 3.78. The van der Waals surface area contributed by atoms with Crippen molar-refractivity contribution in [1.82, 2.24) is 0 Å². The first kappa shape index (κ1) is 11.6. The minimum absolute atomic E-state index is 0.817. The Morgan fingerprint density at radius 2 is 1.62 bits per heavy atom. The number of ether oxygens (including phenoxy) is 2. The van der Waals surface area contributed by atoms with E-state index in [1.165, 1.54) is 0 Å². The van der Waals surface area contributed by atoms with Crippen LogP contribution in [0.4, 0.5) is 0 Å². The minimum Gasteiger partial charge on any atom is -0.456 e. The number of benzene rings is 2. The minimum atomic E-state index is -2.12. The Morgan fingerprint density at radius 3 is 2.52 bits per heavy atom. The Morgan fingerprint density at radius 1 is 0.857 bits per heavy atom. The Kier molecular flexibility index (Phi) is 2.09. The molecule has 3 aliphatic rings. The SMILES string of the molecule is S=P12C3=C(C=C=C3)Oc3cccc(c31)Oc1ccccc12. The van der Waals surface area contributed by atoms with Crippen LogP contribution in [-0.2, 0) is 11.8 Å². The van der Waals surface area contributed by atoms with E-state index >= 15 is 0 Å². The van der Waals surface area contributed by atoms with Crippen molar-refractivity contribution in [2.75, 3.05) is 0 Å². The maximum absolute atomic E-state index is 6.24. The Bertz CT molecular complexity index is 965. The van der Waals surface area contributed by atoms with Crippen LogP contribution in [0.15, 0.2) is 71.4 Å². The summed E-state index contributed by atoms with van der Waals surface area (Å²) in [6.45, 7) is 0. The summed E-state index contributed by atoms with van der Waals surface area (Å²) >= 11 is 6.24. The van der Waals surface area contributed by atoms with Gasteiger partial charge in [0.15, 0.2) is 0 Å². The first-order valence-corrected chi connectivity index (χ1v) is 9.45. The molecule has 0 N–H and O–H groups in total. The van der Waals surface area contributed by atoms with E-state index in [1.807, 2.05) is 48.6 Å². The smallest absolute Gasteiger partial charge is 0.144 e. The summed E-state index contributed by atoms with van der Waals surface area (Å²) in [6.07, 6.45) is 3.84. The standard InChI is InChI=1S/C17H9O2PS/c21-20-15-9-2-1-5-11(15)18-13-7-3-8-14(17(13)20)19-12-6-4-10-16(12)20/h1-3,5-10H. The third kappa shape index (κ3) is 1.31. The van der Waals surface area contributed by atoms with Crippen LogP contribution >= 0.6 is 6.04 Å². The van der Waals surface area contributed by atoms with Crippen LogP contribution in [0.5, 0.6) is 17.2 Å². The molecule has 2 aliphatic heterocycles. The van der Waals surface area contributed by atoms with Crippen molar-refractivity contribution in [3.8, 4) is 17.2 Å². The van der Waals surface area contributed by atoms with E-state index in [9.17, 15) is 0 Å². The predicted octanol–water partition coefficient (Wildman–Crippen LogP) is 3.55. The number of allylic oxidation sites excluding steroid dienone is 2. The van der Waals surface area contributed by atoms with E-state index in [-0.39, 0.29) is 0 Å². The quantitative estimate of drug-likeness (QED) is 0.548. The Labute approximate surface area is 127 Å². The first-order chi connectivity index (χ1) is 10.3. The van der Waals surface area contributed by atoms with E-state index in [2.05, 4.69) is 11.8 Å². The van der Waals surface area contributed by atoms with Gasteiger partial charge in [-0.2, -0.15) is 0 Å². The molecule has 1 atom stereocenters. The van der Waals surface area contributed by atoms with Crippen LogP contribution in [-0.4, -0.2) is 0 Å². The van der Waals surface area contributed by atoms with Gasteiger partial charge in [0, 0.05) is 16.7 Å². The van der Waals surface area contributed by atoms with Gasteiger partial charge < -0.3 is 9.47 Å².